The molecule has 140 valence electrons. The summed E-state index contributed by atoms with van der Waals surface area (Å²) in [7, 11) is 2.06. The van der Waals surface area contributed by atoms with Gasteiger partial charge in [-0.1, -0.05) is 17.3 Å². The summed E-state index contributed by atoms with van der Waals surface area (Å²) < 4.78 is 10.9. The molecular formula is C17H22ClN5O3. The van der Waals surface area contributed by atoms with E-state index >= 15 is 0 Å². The third-order valence-corrected chi connectivity index (χ3v) is 4.65. The largest absolute Gasteiger partial charge is 0.482 e. The number of likely N-dealkylation sites (N-methyl/N-ethyl adjacent to an activating group) is 1. The topological polar surface area (TPSA) is 83.7 Å². The molecule has 1 saturated heterocycles. The second kappa shape index (κ2) is 8.03. The number of piperazine rings is 1. The Hall–Kier alpha value is -2.16. The van der Waals surface area contributed by atoms with Gasteiger partial charge in [0.15, 0.2) is 12.4 Å². The molecule has 0 radical (unpaired) electrons. The maximum absolute atomic E-state index is 12.2. The first-order chi connectivity index (χ1) is 12.2. The van der Waals surface area contributed by atoms with Crippen molar-refractivity contribution < 1.29 is 14.1 Å². The van der Waals surface area contributed by atoms with Crippen LogP contribution >= 0.6 is 12.4 Å². The van der Waals surface area contributed by atoms with Gasteiger partial charge in [0.05, 0.1) is 11.7 Å². The predicted molar refractivity (Wildman–Crippen MR) is 97.8 cm³/mol. The molecule has 1 N–H and O–H groups in total. The zero-order chi connectivity index (χ0) is 17.2. The van der Waals surface area contributed by atoms with Gasteiger partial charge in [-0.3, -0.25) is 9.69 Å². The summed E-state index contributed by atoms with van der Waals surface area (Å²) in [5, 5.41) is 7.46. The number of halogens is 1. The Labute approximate surface area is 157 Å². The number of carbonyl (C=O) groups is 1. The lowest BCUT2D eigenvalue weighted by atomic mass is 10.2. The van der Waals surface area contributed by atoms with E-state index in [-0.39, 0.29) is 31.0 Å². The second-order valence-corrected chi connectivity index (χ2v) is 6.30. The summed E-state index contributed by atoms with van der Waals surface area (Å²) in [4.78, 5) is 20.6. The fraction of sp³-hybridized carbons (Fsp3) is 0.471. The molecule has 8 nitrogen and oxygen atoms in total. The van der Waals surface area contributed by atoms with Crippen LogP contribution in [0.3, 0.4) is 0 Å². The molecule has 0 aliphatic carbocycles. The number of amides is 1. The van der Waals surface area contributed by atoms with Crippen LogP contribution in [0.2, 0.25) is 0 Å². The molecule has 3 heterocycles. The van der Waals surface area contributed by atoms with E-state index in [1.54, 1.807) is 4.90 Å². The number of hydrogen-bond donors (Lipinski definition) is 1. The third-order valence-electron chi connectivity index (χ3n) is 4.65. The van der Waals surface area contributed by atoms with Crippen molar-refractivity contribution in [1.82, 2.24) is 20.4 Å². The molecule has 1 atom stereocenters. The molecule has 9 heteroatoms. The van der Waals surface area contributed by atoms with E-state index in [4.69, 9.17) is 9.26 Å². The molecule has 2 aliphatic rings. The molecule has 2 aromatic rings. The Morgan fingerprint density at radius 1 is 1.35 bits per heavy atom. The molecular weight excluding hydrogens is 358 g/mol. The summed E-state index contributed by atoms with van der Waals surface area (Å²) in [5.74, 6) is 1.90. The van der Waals surface area contributed by atoms with E-state index in [2.05, 4.69) is 27.4 Å². The number of ether oxygens (including phenoxy) is 1. The normalized spacial score (nSPS) is 20.3. The summed E-state index contributed by atoms with van der Waals surface area (Å²) >= 11 is 0. The van der Waals surface area contributed by atoms with Crippen molar-refractivity contribution in [3.8, 4) is 5.75 Å². The Morgan fingerprint density at radius 3 is 3.04 bits per heavy atom. The minimum atomic E-state index is -0.0605. The predicted octanol–water partition coefficient (Wildman–Crippen LogP) is 1.04. The highest BCUT2D eigenvalue weighted by Crippen LogP contribution is 2.31. The van der Waals surface area contributed by atoms with Crippen LogP contribution in [0.4, 0.5) is 5.69 Å². The van der Waals surface area contributed by atoms with Gasteiger partial charge in [0.25, 0.3) is 5.91 Å². The first-order valence-electron chi connectivity index (χ1n) is 8.48. The van der Waals surface area contributed by atoms with Gasteiger partial charge in [0.1, 0.15) is 5.75 Å². The molecule has 0 saturated carbocycles. The average Bonchev–Trinajstić information content (AvgIpc) is 3.10. The van der Waals surface area contributed by atoms with Crippen molar-refractivity contribution in [3.63, 3.8) is 0 Å². The lowest BCUT2D eigenvalue weighted by Gasteiger charge is -2.30. The van der Waals surface area contributed by atoms with E-state index in [1.807, 2.05) is 24.3 Å². The van der Waals surface area contributed by atoms with Gasteiger partial charge >= 0.3 is 0 Å². The van der Waals surface area contributed by atoms with Crippen molar-refractivity contribution in [2.24, 2.45) is 0 Å². The Balaban J connectivity index is 0.00000196. The Kier molecular flexibility index (Phi) is 5.75. The first kappa shape index (κ1) is 18.6. The van der Waals surface area contributed by atoms with E-state index in [0.717, 1.165) is 31.1 Å². The smallest absolute Gasteiger partial charge is 0.265 e. The van der Waals surface area contributed by atoms with E-state index in [1.165, 1.54) is 0 Å². The lowest BCUT2D eigenvalue weighted by molar-refractivity contribution is -0.121. The second-order valence-electron chi connectivity index (χ2n) is 6.30. The van der Waals surface area contributed by atoms with Gasteiger partial charge in [0.2, 0.25) is 5.89 Å². The zero-order valence-corrected chi connectivity index (χ0v) is 15.4. The third kappa shape index (κ3) is 3.67. The van der Waals surface area contributed by atoms with Crippen molar-refractivity contribution >= 4 is 24.0 Å². The number of benzene rings is 1. The number of para-hydroxylation sites is 2. The van der Waals surface area contributed by atoms with Crippen molar-refractivity contribution in [2.45, 2.75) is 12.5 Å². The summed E-state index contributed by atoms with van der Waals surface area (Å²) in [6.45, 7) is 3.28. The minimum absolute atomic E-state index is 0. The van der Waals surface area contributed by atoms with Crippen molar-refractivity contribution in [2.75, 3.05) is 44.7 Å². The molecule has 2 aliphatic heterocycles. The lowest BCUT2D eigenvalue weighted by Crippen LogP contribution is -2.44. The number of hydrogen-bond acceptors (Lipinski definition) is 7. The van der Waals surface area contributed by atoms with E-state index in [0.29, 0.717) is 24.7 Å². The summed E-state index contributed by atoms with van der Waals surface area (Å²) in [5.41, 5.74) is 0.787. The van der Waals surface area contributed by atoms with Crippen molar-refractivity contribution in [1.29, 1.82) is 0 Å². The maximum atomic E-state index is 12.2. The van der Waals surface area contributed by atoms with Gasteiger partial charge in [-0.25, -0.2) is 0 Å². The molecule has 0 bridgehead atoms. The SMILES string of the molecule is CN1CCNCC1c1noc(CCN2C(=O)COc3ccccc32)n1.Cl. The van der Waals surface area contributed by atoms with Crippen LogP contribution in [0.25, 0.3) is 0 Å². The fourth-order valence-corrected chi connectivity index (χ4v) is 3.21. The summed E-state index contributed by atoms with van der Waals surface area (Å²) in [6, 6.07) is 7.66. The molecule has 26 heavy (non-hydrogen) atoms. The fourth-order valence-electron chi connectivity index (χ4n) is 3.21. The molecule has 1 aromatic heterocycles. The Bertz CT molecular complexity index is 768. The van der Waals surface area contributed by atoms with Gasteiger partial charge in [-0.05, 0) is 19.2 Å². The molecule has 1 aromatic carbocycles. The number of fused-ring (bicyclic) bond motifs is 1. The van der Waals surface area contributed by atoms with Crippen molar-refractivity contribution in [3.05, 3.63) is 36.0 Å². The highest BCUT2D eigenvalue weighted by molar-refractivity contribution is 5.97. The van der Waals surface area contributed by atoms with Crippen LogP contribution in [-0.2, 0) is 11.2 Å². The van der Waals surface area contributed by atoms with Crippen LogP contribution < -0.4 is 15.0 Å². The average molecular weight is 380 g/mol. The van der Waals surface area contributed by atoms with Gasteiger partial charge in [0, 0.05) is 32.6 Å². The molecule has 1 unspecified atom stereocenters. The zero-order valence-electron chi connectivity index (χ0n) is 14.6. The Morgan fingerprint density at radius 2 is 2.19 bits per heavy atom. The monoisotopic (exact) mass is 379 g/mol. The van der Waals surface area contributed by atoms with Gasteiger partial charge in [-0.2, -0.15) is 4.98 Å². The maximum Gasteiger partial charge on any atom is 0.265 e. The summed E-state index contributed by atoms with van der Waals surface area (Å²) in [6.07, 6.45) is 0.511. The number of aromatic nitrogens is 2. The number of anilines is 1. The van der Waals surface area contributed by atoms with E-state index in [9.17, 15) is 4.79 Å². The van der Waals surface area contributed by atoms with Crippen LogP contribution in [-0.4, -0.2) is 60.8 Å². The molecule has 1 fully saturated rings. The molecule has 0 spiro atoms. The minimum Gasteiger partial charge on any atom is -0.482 e. The van der Waals surface area contributed by atoms with Crippen LogP contribution in [0.1, 0.15) is 17.8 Å². The number of rotatable bonds is 4. The highest BCUT2D eigenvalue weighted by Gasteiger charge is 2.27. The quantitative estimate of drug-likeness (QED) is 0.849. The standard InChI is InChI=1S/C17H21N5O3.ClH/c1-21-9-7-18-10-13(21)17-19-15(25-20-17)6-8-22-12-4-2-3-5-14(12)24-11-16(22)23;/h2-5,13,18H,6-11H2,1H3;1H. The van der Waals surface area contributed by atoms with Crippen LogP contribution in [0, 0.1) is 0 Å². The van der Waals surface area contributed by atoms with Crippen LogP contribution in [0.5, 0.6) is 5.75 Å². The van der Waals surface area contributed by atoms with Gasteiger partial charge in [-0.15, -0.1) is 12.4 Å². The van der Waals surface area contributed by atoms with Gasteiger partial charge < -0.3 is 19.5 Å². The number of carbonyl (C=O) groups excluding carboxylic acids is 1. The highest BCUT2D eigenvalue weighted by atomic mass is 35.5. The van der Waals surface area contributed by atoms with Crippen LogP contribution in [0.15, 0.2) is 28.8 Å². The van der Waals surface area contributed by atoms with E-state index < -0.39 is 0 Å². The first-order valence-corrected chi connectivity index (χ1v) is 8.48. The molecule has 4 rings (SSSR count). The number of nitrogens with zero attached hydrogens (tertiary/aromatic N) is 4. The molecule has 1 amide bonds. The number of nitrogens with one attached hydrogen (secondary N) is 1.